The summed E-state index contributed by atoms with van der Waals surface area (Å²) in [6.07, 6.45) is 4.31. The van der Waals surface area contributed by atoms with Crippen molar-refractivity contribution in [2.45, 2.75) is 59.1 Å². The molecule has 15 heavy (non-hydrogen) atoms. The zero-order valence-electron chi connectivity index (χ0n) is 11.0. The van der Waals surface area contributed by atoms with E-state index in [1.54, 1.807) is 7.11 Å². The quantitative estimate of drug-likeness (QED) is 0.775. The summed E-state index contributed by atoms with van der Waals surface area (Å²) in [5.74, 6) is 0.851. The summed E-state index contributed by atoms with van der Waals surface area (Å²) >= 11 is 0. The highest BCUT2D eigenvalue weighted by Crippen LogP contribution is 2.38. The van der Waals surface area contributed by atoms with Crippen molar-refractivity contribution in [3.63, 3.8) is 0 Å². The minimum absolute atomic E-state index is 0.324. The zero-order valence-corrected chi connectivity index (χ0v) is 11.0. The van der Waals surface area contributed by atoms with Crippen molar-refractivity contribution >= 4 is 0 Å². The van der Waals surface area contributed by atoms with Crippen molar-refractivity contribution in [2.24, 2.45) is 11.3 Å². The van der Waals surface area contributed by atoms with Crippen LogP contribution >= 0.6 is 0 Å². The lowest BCUT2D eigenvalue weighted by molar-refractivity contribution is 0.0986. The first-order valence-electron chi connectivity index (χ1n) is 6.19. The van der Waals surface area contributed by atoms with Crippen LogP contribution in [-0.2, 0) is 4.74 Å². The van der Waals surface area contributed by atoms with Crippen molar-refractivity contribution in [1.29, 1.82) is 0 Å². The van der Waals surface area contributed by atoms with E-state index in [1.807, 2.05) is 0 Å². The first-order valence-corrected chi connectivity index (χ1v) is 6.19. The number of hydrogen-bond acceptors (Lipinski definition) is 2. The van der Waals surface area contributed by atoms with E-state index in [-0.39, 0.29) is 0 Å². The molecule has 3 atom stereocenters. The van der Waals surface area contributed by atoms with Gasteiger partial charge in [-0.2, -0.15) is 0 Å². The van der Waals surface area contributed by atoms with Gasteiger partial charge in [-0.05, 0) is 37.5 Å². The molecule has 0 amide bonds. The maximum atomic E-state index is 5.26. The Balaban J connectivity index is 2.35. The molecule has 0 saturated heterocycles. The molecule has 2 heteroatoms. The van der Waals surface area contributed by atoms with Crippen LogP contribution in [-0.4, -0.2) is 25.8 Å². The van der Waals surface area contributed by atoms with E-state index in [9.17, 15) is 0 Å². The van der Waals surface area contributed by atoms with Gasteiger partial charge in [-0.25, -0.2) is 0 Å². The Kier molecular flexibility index (Phi) is 4.60. The van der Waals surface area contributed by atoms with Gasteiger partial charge in [0.05, 0.1) is 6.10 Å². The normalized spacial score (nSPS) is 32.6. The average Bonchev–Trinajstić information content (AvgIpc) is 2.11. The molecule has 0 radical (unpaired) electrons. The molecular formula is C13H27NO. The molecule has 0 bridgehead atoms. The Morgan fingerprint density at radius 1 is 1.40 bits per heavy atom. The van der Waals surface area contributed by atoms with Crippen LogP contribution in [0.4, 0.5) is 0 Å². The van der Waals surface area contributed by atoms with Gasteiger partial charge < -0.3 is 10.1 Å². The molecule has 1 N–H and O–H groups in total. The molecule has 0 aromatic rings. The summed E-state index contributed by atoms with van der Waals surface area (Å²) in [6.45, 7) is 10.2. The first kappa shape index (κ1) is 13.0. The lowest BCUT2D eigenvalue weighted by Crippen LogP contribution is -2.42. The third-order valence-corrected chi connectivity index (χ3v) is 3.48. The van der Waals surface area contributed by atoms with Crippen molar-refractivity contribution in [3.8, 4) is 0 Å². The van der Waals surface area contributed by atoms with Gasteiger partial charge in [-0.3, -0.25) is 0 Å². The van der Waals surface area contributed by atoms with Gasteiger partial charge in [0.15, 0.2) is 0 Å². The molecule has 90 valence electrons. The molecule has 0 heterocycles. The molecule has 0 aliphatic heterocycles. The Hall–Kier alpha value is -0.0800. The topological polar surface area (TPSA) is 21.3 Å². The van der Waals surface area contributed by atoms with Crippen LogP contribution in [0.1, 0.15) is 47.0 Å². The minimum Gasteiger partial charge on any atom is -0.380 e. The van der Waals surface area contributed by atoms with Gasteiger partial charge in [0.2, 0.25) is 0 Å². The van der Waals surface area contributed by atoms with E-state index >= 15 is 0 Å². The second-order valence-electron chi connectivity index (χ2n) is 6.06. The second-order valence-corrected chi connectivity index (χ2v) is 6.06. The predicted octanol–water partition coefficient (Wildman–Crippen LogP) is 2.83. The second kappa shape index (κ2) is 5.31. The van der Waals surface area contributed by atoms with Gasteiger partial charge in [-0.1, -0.05) is 20.8 Å². The van der Waals surface area contributed by atoms with E-state index in [1.165, 1.54) is 19.3 Å². The Labute approximate surface area is 94.8 Å². The maximum Gasteiger partial charge on any atom is 0.0667 e. The summed E-state index contributed by atoms with van der Waals surface area (Å²) < 4.78 is 5.26. The highest BCUT2D eigenvalue weighted by atomic mass is 16.5. The molecule has 1 aliphatic carbocycles. The van der Waals surface area contributed by atoms with Gasteiger partial charge in [0, 0.05) is 19.7 Å². The number of hydrogen-bond donors (Lipinski definition) is 1. The first-order chi connectivity index (χ1) is 6.93. The fourth-order valence-electron chi connectivity index (χ4n) is 2.92. The molecule has 0 aromatic carbocycles. The van der Waals surface area contributed by atoms with Crippen LogP contribution in [0.5, 0.6) is 0 Å². The van der Waals surface area contributed by atoms with E-state index in [0.717, 1.165) is 12.5 Å². The third kappa shape index (κ3) is 4.52. The standard InChI is InChI=1S/C13H27NO/c1-10-6-12(8-13(3,4)7-10)14-9-11(2)15-5/h10-12,14H,6-9H2,1-5H3. The fraction of sp³-hybridized carbons (Fsp3) is 1.00. The van der Waals surface area contributed by atoms with Crippen molar-refractivity contribution in [2.75, 3.05) is 13.7 Å². The molecule has 1 aliphatic rings. The lowest BCUT2D eigenvalue weighted by atomic mass is 9.70. The molecule has 2 nitrogen and oxygen atoms in total. The highest BCUT2D eigenvalue weighted by molar-refractivity contribution is 4.86. The van der Waals surface area contributed by atoms with E-state index < -0.39 is 0 Å². The van der Waals surface area contributed by atoms with Crippen LogP contribution in [0.25, 0.3) is 0 Å². The van der Waals surface area contributed by atoms with E-state index in [2.05, 4.69) is 33.0 Å². The van der Waals surface area contributed by atoms with Crippen molar-refractivity contribution in [3.05, 3.63) is 0 Å². The van der Waals surface area contributed by atoms with E-state index in [0.29, 0.717) is 17.6 Å². The number of methoxy groups -OCH3 is 1. The summed E-state index contributed by atoms with van der Waals surface area (Å²) in [6, 6.07) is 0.682. The van der Waals surface area contributed by atoms with Gasteiger partial charge in [0.1, 0.15) is 0 Å². The summed E-state index contributed by atoms with van der Waals surface area (Å²) in [5, 5.41) is 3.63. The number of rotatable bonds is 4. The Morgan fingerprint density at radius 2 is 2.07 bits per heavy atom. The highest BCUT2D eigenvalue weighted by Gasteiger charge is 2.31. The number of nitrogens with one attached hydrogen (secondary N) is 1. The molecular weight excluding hydrogens is 186 g/mol. The Morgan fingerprint density at radius 3 is 2.60 bits per heavy atom. The fourth-order valence-corrected chi connectivity index (χ4v) is 2.92. The predicted molar refractivity (Wildman–Crippen MR) is 65.1 cm³/mol. The van der Waals surface area contributed by atoms with Crippen molar-refractivity contribution < 1.29 is 4.74 Å². The summed E-state index contributed by atoms with van der Waals surface area (Å²) in [7, 11) is 1.78. The van der Waals surface area contributed by atoms with Crippen molar-refractivity contribution in [1.82, 2.24) is 5.32 Å². The number of ether oxygens (including phenoxy) is 1. The van der Waals surface area contributed by atoms with Gasteiger partial charge in [-0.15, -0.1) is 0 Å². The van der Waals surface area contributed by atoms with Crippen LogP contribution in [0.15, 0.2) is 0 Å². The third-order valence-electron chi connectivity index (χ3n) is 3.48. The monoisotopic (exact) mass is 213 g/mol. The van der Waals surface area contributed by atoms with E-state index in [4.69, 9.17) is 4.74 Å². The van der Waals surface area contributed by atoms with Crippen LogP contribution in [0.3, 0.4) is 0 Å². The van der Waals surface area contributed by atoms with Crippen LogP contribution < -0.4 is 5.32 Å². The largest absolute Gasteiger partial charge is 0.380 e. The minimum atomic E-state index is 0.324. The lowest BCUT2D eigenvalue weighted by Gasteiger charge is -2.39. The molecule has 0 spiro atoms. The smallest absolute Gasteiger partial charge is 0.0667 e. The molecule has 1 fully saturated rings. The zero-order chi connectivity index (χ0) is 11.5. The van der Waals surface area contributed by atoms with Crippen LogP contribution in [0.2, 0.25) is 0 Å². The molecule has 1 rings (SSSR count). The SMILES string of the molecule is COC(C)CNC1CC(C)CC(C)(C)C1. The van der Waals surface area contributed by atoms with Crippen LogP contribution in [0, 0.1) is 11.3 Å². The maximum absolute atomic E-state index is 5.26. The molecule has 3 unspecified atom stereocenters. The Bertz CT molecular complexity index is 191. The summed E-state index contributed by atoms with van der Waals surface area (Å²) in [4.78, 5) is 0. The summed E-state index contributed by atoms with van der Waals surface area (Å²) in [5.41, 5.74) is 0.506. The van der Waals surface area contributed by atoms with Gasteiger partial charge >= 0.3 is 0 Å². The molecule has 1 saturated carbocycles. The van der Waals surface area contributed by atoms with Gasteiger partial charge in [0.25, 0.3) is 0 Å². The molecule has 0 aromatic heterocycles. The average molecular weight is 213 g/mol.